The smallest absolute Gasteiger partial charge is 0.241 e. The maximum Gasteiger partial charge on any atom is 0.241 e. The van der Waals surface area contributed by atoms with Crippen LogP contribution in [0.4, 0.5) is 14.5 Å². The summed E-state index contributed by atoms with van der Waals surface area (Å²) in [5.41, 5.74) is 6.70. The molecule has 0 bridgehead atoms. The molecule has 5 heteroatoms. The van der Waals surface area contributed by atoms with Gasteiger partial charge in [-0.15, -0.1) is 0 Å². The molecule has 0 aromatic heterocycles. The van der Waals surface area contributed by atoms with Crippen LogP contribution in [0.25, 0.3) is 0 Å². The molecule has 1 amide bonds. The lowest BCUT2D eigenvalue weighted by molar-refractivity contribution is -0.117. The van der Waals surface area contributed by atoms with Crippen molar-refractivity contribution in [2.24, 2.45) is 5.73 Å². The lowest BCUT2D eigenvalue weighted by Crippen LogP contribution is -2.35. The normalized spacial score (nSPS) is 10.3. The van der Waals surface area contributed by atoms with Crippen molar-refractivity contribution >= 4 is 11.6 Å². The molecule has 2 aromatic rings. The SMILES string of the molecule is NCC(=O)N(Cc1ccc(F)cc1)c1ccc(F)cc1. The summed E-state index contributed by atoms with van der Waals surface area (Å²) in [7, 11) is 0. The van der Waals surface area contributed by atoms with Gasteiger partial charge < -0.3 is 10.6 Å². The van der Waals surface area contributed by atoms with Crippen molar-refractivity contribution in [3.63, 3.8) is 0 Å². The van der Waals surface area contributed by atoms with Gasteiger partial charge in [0.05, 0.1) is 13.1 Å². The van der Waals surface area contributed by atoms with Gasteiger partial charge in [-0.3, -0.25) is 4.79 Å². The summed E-state index contributed by atoms with van der Waals surface area (Å²) in [6, 6.07) is 11.4. The predicted molar refractivity (Wildman–Crippen MR) is 73.0 cm³/mol. The number of rotatable bonds is 4. The van der Waals surface area contributed by atoms with E-state index in [9.17, 15) is 13.6 Å². The summed E-state index contributed by atoms with van der Waals surface area (Å²) < 4.78 is 25.8. The third kappa shape index (κ3) is 3.39. The number of halogens is 2. The minimum atomic E-state index is -0.379. The minimum absolute atomic E-state index is 0.154. The van der Waals surface area contributed by atoms with Gasteiger partial charge in [0.2, 0.25) is 5.91 Å². The minimum Gasteiger partial charge on any atom is -0.322 e. The number of hydrogen-bond donors (Lipinski definition) is 1. The molecular weight excluding hydrogens is 262 g/mol. The van der Waals surface area contributed by atoms with Crippen molar-refractivity contribution in [2.75, 3.05) is 11.4 Å². The summed E-state index contributed by atoms with van der Waals surface area (Å²) in [4.78, 5) is 13.3. The van der Waals surface area contributed by atoms with Crippen molar-refractivity contribution in [1.82, 2.24) is 0 Å². The van der Waals surface area contributed by atoms with Gasteiger partial charge in [0.1, 0.15) is 11.6 Å². The second-order valence-electron chi connectivity index (χ2n) is 4.29. The number of benzene rings is 2. The number of carbonyl (C=O) groups is 1. The molecule has 2 N–H and O–H groups in total. The molecular formula is C15H14F2N2O. The van der Waals surface area contributed by atoms with Gasteiger partial charge in [0.25, 0.3) is 0 Å². The molecule has 0 saturated carbocycles. The second kappa shape index (κ2) is 6.25. The van der Waals surface area contributed by atoms with E-state index in [2.05, 4.69) is 0 Å². The molecule has 0 aliphatic heterocycles. The highest BCUT2D eigenvalue weighted by atomic mass is 19.1. The third-order valence-electron chi connectivity index (χ3n) is 2.87. The van der Waals surface area contributed by atoms with Crippen LogP contribution in [0.5, 0.6) is 0 Å². The molecule has 2 rings (SSSR count). The van der Waals surface area contributed by atoms with E-state index in [1.54, 1.807) is 12.1 Å². The topological polar surface area (TPSA) is 46.3 Å². The Morgan fingerprint density at radius 3 is 1.95 bits per heavy atom. The standard InChI is InChI=1S/C15H14F2N2O/c16-12-3-1-11(2-4-12)10-19(15(20)9-18)14-7-5-13(17)6-8-14/h1-8H,9-10,18H2. The van der Waals surface area contributed by atoms with Gasteiger partial charge in [-0.2, -0.15) is 0 Å². The fourth-order valence-corrected chi connectivity index (χ4v) is 1.83. The Bertz CT molecular complexity index is 582. The average molecular weight is 276 g/mol. The van der Waals surface area contributed by atoms with Crippen LogP contribution in [0.1, 0.15) is 5.56 Å². The monoisotopic (exact) mass is 276 g/mol. The van der Waals surface area contributed by atoms with E-state index in [1.807, 2.05) is 0 Å². The Morgan fingerprint density at radius 2 is 1.45 bits per heavy atom. The van der Waals surface area contributed by atoms with E-state index in [1.165, 1.54) is 41.3 Å². The van der Waals surface area contributed by atoms with E-state index < -0.39 is 0 Å². The fraction of sp³-hybridized carbons (Fsp3) is 0.133. The zero-order valence-electron chi connectivity index (χ0n) is 10.7. The number of carbonyl (C=O) groups excluding carboxylic acids is 1. The molecule has 0 unspecified atom stereocenters. The maximum atomic E-state index is 12.9. The zero-order chi connectivity index (χ0) is 14.5. The first-order chi connectivity index (χ1) is 9.60. The summed E-state index contributed by atoms with van der Waals surface area (Å²) in [6.45, 7) is 0.0977. The first kappa shape index (κ1) is 14.1. The van der Waals surface area contributed by atoms with Crippen molar-refractivity contribution < 1.29 is 13.6 Å². The number of nitrogens with two attached hydrogens (primary N) is 1. The molecule has 3 nitrogen and oxygen atoms in total. The fourth-order valence-electron chi connectivity index (χ4n) is 1.83. The molecule has 0 fully saturated rings. The van der Waals surface area contributed by atoms with Gasteiger partial charge in [0, 0.05) is 5.69 Å². The van der Waals surface area contributed by atoms with Crippen molar-refractivity contribution in [1.29, 1.82) is 0 Å². The molecule has 104 valence electrons. The van der Waals surface area contributed by atoms with E-state index in [-0.39, 0.29) is 30.6 Å². The van der Waals surface area contributed by atoms with E-state index in [0.29, 0.717) is 5.69 Å². The molecule has 0 heterocycles. The first-order valence-electron chi connectivity index (χ1n) is 6.10. The molecule has 0 aliphatic carbocycles. The summed E-state index contributed by atoms with van der Waals surface area (Å²) >= 11 is 0. The third-order valence-corrected chi connectivity index (χ3v) is 2.87. The summed E-state index contributed by atoms with van der Waals surface area (Å²) in [5, 5.41) is 0. The van der Waals surface area contributed by atoms with E-state index >= 15 is 0 Å². The van der Waals surface area contributed by atoms with Gasteiger partial charge in [-0.25, -0.2) is 8.78 Å². The molecule has 0 spiro atoms. The van der Waals surface area contributed by atoms with Gasteiger partial charge >= 0.3 is 0 Å². The van der Waals surface area contributed by atoms with Crippen molar-refractivity contribution in [3.8, 4) is 0 Å². The van der Waals surface area contributed by atoms with Crippen LogP contribution in [0.15, 0.2) is 48.5 Å². The van der Waals surface area contributed by atoms with E-state index in [4.69, 9.17) is 5.73 Å². The Kier molecular flexibility index (Phi) is 4.42. The van der Waals surface area contributed by atoms with Gasteiger partial charge in [0.15, 0.2) is 0 Å². The number of hydrogen-bond acceptors (Lipinski definition) is 2. The lowest BCUT2D eigenvalue weighted by atomic mass is 10.2. The number of nitrogens with zero attached hydrogens (tertiary/aromatic N) is 1. The van der Waals surface area contributed by atoms with Crippen molar-refractivity contribution in [2.45, 2.75) is 6.54 Å². The molecule has 0 saturated heterocycles. The first-order valence-corrected chi connectivity index (χ1v) is 6.10. The molecule has 20 heavy (non-hydrogen) atoms. The Labute approximate surface area is 115 Å². The molecule has 2 aromatic carbocycles. The van der Waals surface area contributed by atoms with Crippen molar-refractivity contribution in [3.05, 3.63) is 65.7 Å². The predicted octanol–water partition coefficient (Wildman–Crippen LogP) is 2.46. The lowest BCUT2D eigenvalue weighted by Gasteiger charge is -2.22. The molecule has 0 atom stereocenters. The number of amides is 1. The second-order valence-corrected chi connectivity index (χ2v) is 4.29. The maximum absolute atomic E-state index is 12.9. The Hall–Kier alpha value is -2.27. The number of anilines is 1. The summed E-state index contributed by atoms with van der Waals surface area (Å²) in [5.74, 6) is -1.01. The van der Waals surface area contributed by atoms with Crippen LogP contribution < -0.4 is 10.6 Å². The van der Waals surface area contributed by atoms with Crippen LogP contribution in [0.3, 0.4) is 0 Å². The molecule has 0 radical (unpaired) electrons. The van der Waals surface area contributed by atoms with Crippen LogP contribution in [0, 0.1) is 11.6 Å². The van der Waals surface area contributed by atoms with Crippen LogP contribution >= 0.6 is 0 Å². The molecule has 0 aliphatic rings. The highest BCUT2D eigenvalue weighted by Crippen LogP contribution is 2.18. The average Bonchev–Trinajstić information content (AvgIpc) is 2.47. The summed E-state index contributed by atoms with van der Waals surface area (Å²) in [6.07, 6.45) is 0. The van der Waals surface area contributed by atoms with Gasteiger partial charge in [-0.05, 0) is 42.0 Å². The van der Waals surface area contributed by atoms with Crippen LogP contribution in [0.2, 0.25) is 0 Å². The van der Waals surface area contributed by atoms with Crippen LogP contribution in [-0.4, -0.2) is 12.5 Å². The van der Waals surface area contributed by atoms with Gasteiger partial charge in [-0.1, -0.05) is 12.1 Å². The Morgan fingerprint density at radius 1 is 0.950 bits per heavy atom. The van der Waals surface area contributed by atoms with Crippen LogP contribution in [-0.2, 0) is 11.3 Å². The zero-order valence-corrected chi connectivity index (χ0v) is 10.7. The highest BCUT2D eigenvalue weighted by Gasteiger charge is 2.14. The highest BCUT2D eigenvalue weighted by molar-refractivity contribution is 5.94. The largest absolute Gasteiger partial charge is 0.322 e. The quantitative estimate of drug-likeness (QED) is 0.932. The van der Waals surface area contributed by atoms with E-state index in [0.717, 1.165) is 5.56 Å². The Balaban J connectivity index is 2.26.